The average molecular weight is 536 g/mol. The minimum absolute atomic E-state index is 0.0117. The second-order valence-corrected chi connectivity index (χ2v) is 9.06. The number of ether oxygens (including phenoxy) is 2. The van der Waals surface area contributed by atoms with Crippen molar-refractivity contribution in [1.82, 2.24) is 4.90 Å². The molecule has 7 heteroatoms. The number of urea groups is 1. The molecule has 31 heavy (non-hydrogen) atoms. The van der Waals surface area contributed by atoms with Gasteiger partial charge in [-0.1, -0.05) is 60.7 Å². The number of carbonyl (C=O) groups is 1. The van der Waals surface area contributed by atoms with Crippen molar-refractivity contribution in [3.05, 3.63) is 65.9 Å². The van der Waals surface area contributed by atoms with Crippen LogP contribution in [-0.2, 0) is 0 Å². The molecule has 2 aromatic rings. The molecule has 0 radical (unpaired) electrons. The highest BCUT2D eigenvalue weighted by molar-refractivity contribution is 14.1. The Bertz CT molecular complexity index is 902. The van der Waals surface area contributed by atoms with Gasteiger partial charge in [0, 0.05) is 24.4 Å². The molecule has 6 nitrogen and oxygen atoms in total. The van der Waals surface area contributed by atoms with E-state index in [0.717, 1.165) is 29.1 Å². The first kappa shape index (κ1) is 23.4. The topological polar surface area (TPSA) is 71.0 Å². The van der Waals surface area contributed by atoms with Crippen LogP contribution in [0.25, 0.3) is 0 Å². The van der Waals surface area contributed by atoms with Crippen molar-refractivity contribution >= 4 is 34.3 Å². The average Bonchev–Trinajstić information content (AvgIpc) is 2.75. The predicted molar refractivity (Wildman–Crippen MR) is 131 cm³/mol. The van der Waals surface area contributed by atoms with E-state index in [0.29, 0.717) is 24.8 Å². The monoisotopic (exact) mass is 536 g/mol. The van der Waals surface area contributed by atoms with Gasteiger partial charge in [0.25, 0.3) is 0 Å². The fourth-order valence-corrected chi connectivity index (χ4v) is 4.18. The van der Waals surface area contributed by atoms with Gasteiger partial charge in [0.15, 0.2) is 0 Å². The van der Waals surface area contributed by atoms with Crippen LogP contribution in [0, 0.1) is 5.92 Å². The van der Waals surface area contributed by atoms with Crippen LogP contribution in [0.15, 0.2) is 60.4 Å². The number of hydrogen-bond donors (Lipinski definition) is 2. The third-order valence-corrected chi connectivity index (χ3v) is 6.37. The third kappa shape index (κ3) is 6.36. The summed E-state index contributed by atoms with van der Waals surface area (Å²) in [5.41, 5.74) is 2.63. The van der Waals surface area contributed by atoms with Gasteiger partial charge in [0.1, 0.15) is 11.5 Å². The Morgan fingerprint density at radius 1 is 1.23 bits per heavy atom. The maximum absolute atomic E-state index is 12.8. The Morgan fingerprint density at radius 2 is 2.00 bits per heavy atom. The number of alkyl halides is 1. The van der Waals surface area contributed by atoms with Crippen molar-refractivity contribution < 1.29 is 19.4 Å². The Hall–Kier alpha value is -2.26. The highest BCUT2D eigenvalue weighted by atomic mass is 127. The zero-order chi connectivity index (χ0) is 22.2. The van der Waals surface area contributed by atoms with Crippen LogP contribution in [0.4, 0.5) is 10.5 Å². The molecule has 1 heterocycles. The van der Waals surface area contributed by atoms with Gasteiger partial charge < -0.3 is 24.8 Å². The quantitative estimate of drug-likeness (QED) is 0.333. The third-order valence-electron chi connectivity index (χ3n) is 4.95. The van der Waals surface area contributed by atoms with Gasteiger partial charge in [-0.25, -0.2) is 4.79 Å². The molecule has 1 unspecified atom stereocenters. The lowest BCUT2D eigenvalue weighted by molar-refractivity contribution is 0.193. The van der Waals surface area contributed by atoms with Gasteiger partial charge in [0.2, 0.25) is 0 Å². The standard InChI is InChI=1S/C24H29IN2O4/c1-17(2)11-14-30-20-9-6-10-21-22(20)23(25)18(16-31-21)15-27(12-13-28)24(29)26-19-7-4-3-5-8-19/h3-10,16-17,23,28H,11-15H2,1-2H3,(H,26,29). The molecule has 0 spiro atoms. The van der Waals surface area contributed by atoms with Gasteiger partial charge in [-0.05, 0) is 36.6 Å². The molecule has 0 fully saturated rings. The Balaban J connectivity index is 1.73. The van der Waals surface area contributed by atoms with Crippen molar-refractivity contribution in [2.24, 2.45) is 5.92 Å². The number of benzene rings is 2. The molecule has 166 valence electrons. The molecule has 2 aromatic carbocycles. The summed E-state index contributed by atoms with van der Waals surface area (Å²) in [6.45, 7) is 5.43. The second-order valence-electron chi connectivity index (χ2n) is 7.81. The first-order chi connectivity index (χ1) is 15.0. The number of amides is 2. The summed E-state index contributed by atoms with van der Waals surface area (Å²) >= 11 is 2.36. The van der Waals surface area contributed by atoms with E-state index in [2.05, 4.69) is 41.8 Å². The molecule has 1 aliphatic heterocycles. The molecule has 0 saturated heterocycles. The molecule has 0 aliphatic carbocycles. The van der Waals surface area contributed by atoms with E-state index in [1.165, 1.54) is 0 Å². The second kappa shape index (κ2) is 11.4. The molecule has 2 N–H and O–H groups in total. The summed E-state index contributed by atoms with van der Waals surface area (Å²) in [5.74, 6) is 2.15. The summed E-state index contributed by atoms with van der Waals surface area (Å²) in [6.07, 6.45) is 2.68. The lowest BCUT2D eigenvalue weighted by atomic mass is 10.0. The molecule has 3 rings (SSSR count). The van der Waals surface area contributed by atoms with Crippen LogP contribution in [-0.4, -0.2) is 42.3 Å². The number of carbonyl (C=O) groups excluding carboxylic acids is 1. The Labute approximate surface area is 197 Å². The van der Waals surface area contributed by atoms with Crippen molar-refractivity contribution in [3.8, 4) is 11.5 Å². The zero-order valence-corrected chi connectivity index (χ0v) is 20.0. The largest absolute Gasteiger partial charge is 0.493 e. The first-order valence-electron chi connectivity index (χ1n) is 10.5. The SMILES string of the molecule is CC(C)CCOc1cccc2c1C(I)C(CN(CCO)C(=O)Nc1ccccc1)=CO2. The van der Waals surface area contributed by atoms with Crippen molar-refractivity contribution in [2.45, 2.75) is 24.2 Å². The number of hydrogen-bond acceptors (Lipinski definition) is 4. The van der Waals surface area contributed by atoms with Crippen molar-refractivity contribution in [1.29, 1.82) is 0 Å². The van der Waals surface area contributed by atoms with Crippen LogP contribution in [0.2, 0.25) is 0 Å². The van der Waals surface area contributed by atoms with Gasteiger partial charge >= 0.3 is 6.03 Å². The smallest absolute Gasteiger partial charge is 0.322 e. The van der Waals surface area contributed by atoms with Gasteiger partial charge in [-0.15, -0.1) is 0 Å². The van der Waals surface area contributed by atoms with Crippen LogP contribution in [0.5, 0.6) is 11.5 Å². The number of aliphatic hydroxyl groups is 1. The molecule has 2 amide bonds. The summed E-state index contributed by atoms with van der Waals surface area (Å²) in [4.78, 5) is 14.4. The van der Waals surface area contributed by atoms with E-state index in [1.54, 1.807) is 11.2 Å². The first-order valence-corrected chi connectivity index (χ1v) is 11.7. The number of nitrogens with zero attached hydrogens (tertiary/aromatic N) is 1. The van der Waals surface area contributed by atoms with E-state index < -0.39 is 0 Å². The number of para-hydroxylation sites is 1. The van der Waals surface area contributed by atoms with Crippen molar-refractivity contribution in [2.75, 3.05) is 31.6 Å². The van der Waals surface area contributed by atoms with Crippen LogP contribution >= 0.6 is 22.6 Å². The van der Waals surface area contributed by atoms with Crippen LogP contribution in [0.3, 0.4) is 0 Å². The molecule has 0 saturated carbocycles. The minimum Gasteiger partial charge on any atom is -0.493 e. The summed E-state index contributed by atoms with van der Waals surface area (Å²) in [7, 11) is 0. The summed E-state index contributed by atoms with van der Waals surface area (Å²) in [6, 6.07) is 14.8. The highest BCUT2D eigenvalue weighted by Crippen LogP contribution is 2.46. The summed E-state index contributed by atoms with van der Waals surface area (Å²) in [5, 5.41) is 12.4. The van der Waals surface area contributed by atoms with E-state index in [4.69, 9.17) is 9.47 Å². The van der Waals surface area contributed by atoms with Gasteiger partial charge in [-0.3, -0.25) is 0 Å². The normalized spacial score (nSPS) is 15.0. The maximum atomic E-state index is 12.8. The number of rotatable bonds is 9. The van der Waals surface area contributed by atoms with Crippen molar-refractivity contribution in [3.63, 3.8) is 0 Å². The minimum atomic E-state index is -0.267. The lowest BCUT2D eigenvalue weighted by Gasteiger charge is -2.29. The molecule has 1 aliphatic rings. The molecule has 0 aromatic heterocycles. The highest BCUT2D eigenvalue weighted by Gasteiger charge is 2.28. The number of halogens is 1. The number of nitrogens with one attached hydrogen (secondary N) is 1. The summed E-state index contributed by atoms with van der Waals surface area (Å²) < 4.78 is 11.9. The fourth-order valence-electron chi connectivity index (χ4n) is 3.23. The Kier molecular flexibility index (Phi) is 8.60. The zero-order valence-electron chi connectivity index (χ0n) is 17.9. The van der Waals surface area contributed by atoms with E-state index >= 15 is 0 Å². The molecular formula is C24H29IN2O4. The molecule has 1 atom stereocenters. The van der Waals surface area contributed by atoms with E-state index in [1.807, 2.05) is 48.5 Å². The Morgan fingerprint density at radius 3 is 2.71 bits per heavy atom. The molecule has 0 bridgehead atoms. The number of aliphatic hydroxyl groups excluding tert-OH is 1. The van der Waals surface area contributed by atoms with E-state index in [9.17, 15) is 9.90 Å². The fraction of sp³-hybridized carbons (Fsp3) is 0.375. The molecular weight excluding hydrogens is 507 g/mol. The maximum Gasteiger partial charge on any atom is 0.322 e. The van der Waals surface area contributed by atoms with Crippen LogP contribution in [0.1, 0.15) is 29.8 Å². The van der Waals surface area contributed by atoms with E-state index in [-0.39, 0.29) is 23.1 Å². The predicted octanol–water partition coefficient (Wildman–Crippen LogP) is 5.39. The van der Waals surface area contributed by atoms with Gasteiger partial charge in [-0.2, -0.15) is 0 Å². The lowest BCUT2D eigenvalue weighted by Crippen LogP contribution is -2.39. The number of fused-ring (bicyclic) bond motifs is 1. The van der Waals surface area contributed by atoms with Gasteiger partial charge in [0.05, 0.1) is 29.0 Å². The number of anilines is 1. The van der Waals surface area contributed by atoms with Crippen LogP contribution < -0.4 is 14.8 Å².